The predicted octanol–water partition coefficient (Wildman–Crippen LogP) is 4.03. The Labute approximate surface area is 113 Å². The van der Waals surface area contributed by atoms with Crippen molar-refractivity contribution >= 4 is 11.6 Å². The van der Waals surface area contributed by atoms with E-state index in [0.29, 0.717) is 5.28 Å². The summed E-state index contributed by atoms with van der Waals surface area (Å²) in [7, 11) is 0. The summed E-state index contributed by atoms with van der Waals surface area (Å²) in [5.74, 6) is 0.838. The van der Waals surface area contributed by atoms with Gasteiger partial charge in [-0.1, -0.05) is 51.1 Å². The molecule has 2 aromatic rings. The summed E-state index contributed by atoms with van der Waals surface area (Å²) >= 11 is 6.11. The smallest absolute Gasteiger partial charge is 0.225 e. The van der Waals surface area contributed by atoms with Gasteiger partial charge >= 0.3 is 0 Å². The summed E-state index contributed by atoms with van der Waals surface area (Å²) in [5.41, 5.74) is 1.31. The Morgan fingerprint density at radius 1 is 1.11 bits per heavy atom. The van der Waals surface area contributed by atoms with Crippen LogP contribution in [0.4, 0.5) is 0 Å². The molecule has 0 radical (unpaired) electrons. The van der Waals surface area contributed by atoms with Gasteiger partial charge in [-0.25, -0.2) is 0 Å². The molecule has 0 bridgehead atoms. The molecule has 0 aliphatic carbocycles. The molecule has 2 rings (SSSR count). The van der Waals surface area contributed by atoms with E-state index in [-0.39, 0.29) is 5.41 Å². The Balaban J connectivity index is 2.28. The van der Waals surface area contributed by atoms with Gasteiger partial charge in [0, 0.05) is 12.1 Å². The number of nitrogens with zero attached hydrogens (tertiary/aromatic N) is 3. The fourth-order valence-electron chi connectivity index (χ4n) is 1.73. The highest BCUT2D eigenvalue weighted by atomic mass is 35.5. The third-order valence-electron chi connectivity index (χ3n) is 2.82. The lowest BCUT2D eigenvalue weighted by Crippen LogP contribution is -2.11. The van der Waals surface area contributed by atoms with Crippen molar-refractivity contribution in [3.8, 4) is 11.4 Å². The molecular formula is C14H18ClN3. The van der Waals surface area contributed by atoms with Gasteiger partial charge in [0.1, 0.15) is 0 Å². The first-order valence-electron chi connectivity index (χ1n) is 6.11. The average Bonchev–Trinajstić information content (AvgIpc) is 2.68. The van der Waals surface area contributed by atoms with Gasteiger partial charge in [-0.2, -0.15) is 0 Å². The first-order chi connectivity index (χ1) is 8.47. The summed E-state index contributed by atoms with van der Waals surface area (Å²) in [4.78, 5) is 0. The van der Waals surface area contributed by atoms with E-state index in [1.165, 1.54) is 0 Å². The van der Waals surface area contributed by atoms with E-state index in [2.05, 4.69) is 31.0 Å². The lowest BCUT2D eigenvalue weighted by Gasteiger charge is -2.19. The van der Waals surface area contributed by atoms with Crippen LogP contribution in [0.25, 0.3) is 11.4 Å². The Bertz CT molecular complexity index is 512. The van der Waals surface area contributed by atoms with Crippen LogP contribution in [0.2, 0.25) is 5.28 Å². The second kappa shape index (κ2) is 5.11. The van der Waals surface area contributed by atoms with Crippen LogP contribution in [0.3, 0.4) is 0 Å². The minimum Gasteiger partial charge on any atom is -0.298 e. The van der Waals surface area contributed by atoms with E-state index in [9.17, 15) is 0 Å². The molecule has 0 N–H and O–H groups in total. The highest BCUT2D eigenvalue weighted by Gasteiger charge is 2.15. The van der Waals surface area contributed by atoms with Crippen LogP contribution in [-0.4, -0.2) is 14.8 Å². The summed E-state index contributed by atoms with van der Waals surface area (Å²) in [6.45, 7) is 7.48. The molecule has 0 spiro atoms. The van der Waals surface area contributed by atoms with Gasteiger partial charge in [0.25, 0.3) is 0 Å². The van der Waals surface area contributed by atoms with E-state index in [0.717, 1.165) is 24.4 Å². The lowest BCUT2D eigenvalue weighted by atomic mass is 9.92. The van der Waals surface area contributed by atoms with Gasteiger partial charge in [0.05, 0.1) is 0 Å². The van der Waals surface area contributed by atoms with Gasteiger partial charge in [-0.05, 0) is 23.4 Å². The third kappa shape index (κ3) is 3.10. The van der Waals surface area contributed by atoms with Crippen molar-refractivity contribution in [2.75, 3.05) is 0 Å². The molecule has 0 fully saturated rings. The van der Waals surface area contributed by atoms with E-state index in [1.54, 1.807) is 0 Å². The number of benzene rings is 1. The van der Waals surface area contributed by atoms with E-state index in [4.69, 9.17) is 11.6 Å². The highest BCUT2D eigenvalue weighted by Crippen LogP contribution is 2.25. The molecule has 3 nitrogen and oxygen atoms in total. The second-order valence-corrected chi connectivity index (χ2v) is 5.96. The number of rotatable bonds is 3. The normalized spacial score (nSPS) is 11.8. The van der Waals surface area contributed by atoms with Crippen molar-refractivity contribution in [3.05, 3.63) is 35.6 Å². The third-order valence-corrected chi connectivity index (χ3v) is 3.10. The molecule has 0 aliphatic heterocycles. The number of aromatic nitrogens is 3. The number of hydrogen-bond donors (Lipinski definition) is 0. The molecule has 0 unspecified atom stereocenters. The molecule has 0 saturated carbocycles. The highest BCUT2D eigenvalue weighted by molar-refractivity contribution is 6.28. The first kappa shape index (κ1) is 13.1. The molecule has 1 aromatic carbocycles. The van der Waals surface area contributed by atoms with Crippen molar-refractivity contribution in [1.82, 2.24) is 14.8 Å². The van der Waals surface area contributed by atoms with Crippen LogP contribution >= 0.6 is 11.6 Å². The summed E-state index contributed by atoms with van der Waals surface area (Å²) in [6.07, 6.45) is 1.03. The Morgan fingerprint density at radius 3 is 2.39 bits per heavy atom. The average molecular weight is 264 g/mol. The standard InChI is InChI=1S/C14H18ClN3/c1-14(2,3)9-10-18-12(16-17-13(18)15)11-7-5-4-6-8-11/h4-8H,9-10H2,1-3H3. The maximum atomic E-state index is 6.11. The largest absolute Gasteiger partial charge is 0.298 e. The quantitative estimate of drug-likeness (QED) is 0.837. The van der Waals surface area contributed by atoms with Crippen LogP contribution < -0.4 is 0 Å². The Morgan fingerprint density at radius 2 is 1.78 bits per heavy atom. The predicted molar refractivity (Wildman–Crippen MR) is 74.5 cm³/mol. The topological polar surface area (TPSA) is 30.7 Å². The molecule has 0 atom stereocenters. The molecule has 18 heavy (non-hydrogen) atoms. The van der Waals surface area contributed by atoms with E-state index >= 15 is 0 Å². The molecule has 96 valence electrons. The van der Waals surface area contributed by atoms with Crippen LogP contribution in [-0.2, 0) is 6.54 Å². The molecule has 1 heterocycles. The zero-order valence-electron chi connectivity index (χ0n) is 11.0. The second-order valence-electron chi connectivity index (χ2n) is 5.62. The molecule has 1 aromatic heterocycles. The summed E-state index contributed by atoms with van der Waals surface area (Å²) in [5, 5.41) is 8.60. The van der Waals surface area contributed by atoms with Crippen LogP contribution in [0.15, 0.2) is 30.3 Å². The van der Waals surface area contributed by atoms with Crippen molar-refractivity contribution in [3.63, 3.8) is 0 Å². The van der Waals surface area contributed by atoms with Crippen LogP contribution in [0, 0.1) is 5.41 Å². The Kier molecular flexibility index (Phi) is 3.71. The van der Waals surface area contributed by atoms with Gasteiger partial charge in [-0.15, -0.1) is 10.2 Å². The summed E-state index contributed by atoms with van der Waals surface area (Å²) < 4.78 is 1.97. The van der Waals surface area contributed by atoms with Crippen LogP contribution in [0.1, 0.15) is 27.2 Å². The number of hydrogen-bond acceptors (Lipinski definition) is 2. The zero-order chi connectivity index (χ0) is 13.2. The zero-order valence-corrected chi connectivity index (χ0v) is 11.8. The fourth-order valence-corrected chi connectivity index (χ4v) is 1.93. The molecule has 0 amide bonds. The summed E-state index contributed by atoms with van der Waals surface area (Å²) in [6, 6.07) is 10.0. The fraction of sp³-hybridized carbons (Fsp3) is 0.429. The van der Waals surface area contributed by atoms with E-state index < -0.39 is 0 Å². The lowest BCUT2D eigenvalue weighted by molar-refractivity contribution is 0.351. The molecule has 4 heteroatoms. The minimum atomic E-state index is 0.265. The van der Waals surface area contributed by atoms with Gasteiger partial charge in [0.2, 0.25) is 5.28 Å². The van der Waals surface area contributed by atoms with Gasteiger partial charge in [0.15, 0.2) is 5.82 Å². The molecular weight excluding hydrogens is 246 g/mol. The van der Waals surface area contributed by atoms with E-state index in [1.807, 2.05) is 34.9 Å². The van der Waals surface area contributed by atoms with Crippen molar-refractivity contribution in [2.24, 2.45) is 5.41 Å². The maximum Gasteiger partial charge on any atom is 0.225 e. The molecule has 0 aliphatic rings. The monoisotopic (exact) mass is 263 g/mol. The first-order valence-corrected chi connectivity index (χ1v) is 6.49. The Hall–Kier alpha value is -1.35. The van der Waals surface area contributed by atoms with Crippen LogP contribution in [0.5, 0.6) is 0 Å². The maximum absolute atomic E-state index is 6.11. The SMILES string of the molecule is CC(C)(C)CCn1c(Cl)nnc1-c1ccccc1. The van der Waals surface area contributed by atoms with Crippen molar-refractivity contribution < 1.29 is 0 Å². The van der Waals surface area contributed by atoms with Crippen molar-refractivity contribution in [2.45, 2.75) is 33.7 Å². The van der Waals surface area contributed by atoms with Gasteiger partial charge < -0.3 is 0 Å². The van der Waals surface area contributed by atoms with Gasteiger partial charge in [-0.3, -0.25) is 4.57 Å². The van der Waals surface area contributed by atoms with Crippen molar-refractivity contribution in [1.29, 1.82) is 0 Å². The minimum absolute atomic E-state index is 0.265. The molecule has 0 saturated heterocycles. The number of halogens is 1.